The molecule has 0 amide bonds. The molecule has 4 N–H and O–H groups in total. The fraction of sp³-hybridized carbons (Fsp3) is 0.565. The Morgan fingerprint density at radius 3 is 2.62 bits per heavy atom. The van der Waals surface area contributed by atoms with E-state index in [0.29, 0.717) is 19.3 Å². The highest BCUT2D eigenvalue weighted by molar-refractivity contribution is 5.96. The molecule has 9 nitrogen and oxygen atoms in total. The van der Waals surface area contributed by atoms with Crippen LogP contribution in [0, 0.1) is 0 Å². The Morgan fingerprint density at radius 1 is 1.12 bits per heavy atom. The Hall–Kier alpha value is -2.46. The maximum atomic E-state index is 12.8. The summed E-state index contributed by atoms with van der Waals surface area (Å²) in [6.07, 6.45) is 1.62. The molecule has 0 spiro atoms. The van der Waals surface area contributed by atoms with Gasteiger partial charge in [-0.05, 0) is 37.8 Å². The minimum absolute atomic E-state index is 0.0359. The zero-order chi connectivity index (χ0) is 23.3. The van der Waals surface area contributed by atoms with Crippen LogP contribution in [0.2, 0.25) is 0 Å². The number of ether oxygens (including phenoxy) is 3. The van der Waals surface area contributed by atoms with E-state index in [4.69, 9.17) is 14.2 Å². The summed E-state index contributed by atoms with van der Waals surface area (Å²) in [6, 6.07) is 2.58. The van der Waals surface area contributed by atoms with E-state index in [2.05, 4.69) is 0 Å². The van der Waals surface area contributed by atoms with Crippen molar-refractivity contribution in [2.75, 3.05) is 6.61 Å². The predicted molar refractivity (Wildman–Crippen MR) is 112 cm³/mol. The molecule has 1 aromatic carbocycles. The van der Waals surface area contributed by atoms with Crippen molar-refractivity contribution < 1.29 is 44.2 Å². The SMILES string of the molecule is C[C@@H]1CC=CCCCCC(=O)Cc2cc(O[C@@H]3O[C@@H](CO)[C@@H](O)[C@H]3O)cc(O)c2C(=O)O1. The number of carbonyl (C=O) groups is 2. The van der Waals surface area contributed by atoms with E-state index in [1.54, 1.807) is 6.92 Å². The summed E-state index contributed by atoms with van der Waals surface area (Å²) in [4.78, 5) is 25.3. The molecule has 0 radical (unpaired) electrons. The largest absolute Gasteiger partial charge is 0.507 e. The van der Waals surface area contributed by atoms with Crippen molar-refractivity contribution in [2.45, 2.75) is 76.2 Å². The Morgan fingerprint density at radius 2 is 1.91 bits per heavy atom. The molecule has 3 rings (SSSR count). The number of aliphatic hydroxyl groups excluding tert-OH is 3. The lowest BCUT2D eigenvalue weighted by Gasteiger charge is -2.20. The van der Waals surface area contributed by atoms with Gasteiger partial charge in [-0.25, -0.2) is 4.79 Å². The van der Waals surface area contributed by atoms with Gasteiger partial charge in [-0.3, -0.25) is 4.79 Å². The molecule has 2 aliphatic rings. The number of hydrogen-bond acceptors (Lipinski definition) is 9. The summed E-state index contributed by atoms with van der Waals surface area (Å²) < 4.78 is 16.3. The van der Waals surface area contributed by atoms with Gasteiger partial charge in [0.15, 0.2) is 0 Å². The summed E-state index contributed by atoms with van der Waals surface area (Å²) >= 11 is 0. The highest BCUT2D eigenvalue weighted by atomic mass is 16.7. The van der Waals surface area contributed by atoms with E-state index < -0.39 is 49.0 Å². The first-order chi connectivity index (χ1) is 15.3. The molecular formula is C23H30O9. The van der Waals surface area contributed by atoms with Crippen LogP contribution in [0.4, 0.5) is 0 Å². The summed E-state index contributed by atoms with van der Waals surface area (Å²) in [5.41, 5.74) is 0.126. The van der Waals surface area contributed by atoms with Crippen LogP contribution >= 0.6 is 0 Å². The lowest BCUT2D eigenvalue weighted by atomic mass is 9.98. The maximum Gasteiger partial charge on any atom is 0.342 e. The van der Waals surface area contributed by atoms with Crippen LogP contribution in [0.3, 0.4) is 0 Å². The molecule has 0 aliphatic carbocycles. The highest BCUT2D eigenvalue weighted by Crippen LogP contribution is 2.33. The van der Waals surface area contributed by atoms with Crippen molar-refractivity contribution in [3.8, 4) is 11.5 Å². The first-order valence-corrected chi connectivity index (χ1v) is 10.8. The van der Waals surface area contributed by atoms with Crippen molar-refractivity contribution in [2.24, 2.45) is 0 Å². The Labute approximate surface area is 186 Å². The minimum Gasteiger partial charge on any atom is -0.507 e. The molecule has 0 bridgehead atoms. The van der Waals surface area contributed by atoms with E-state index in [1.165, 1.54) is 6.07 Å². The number of benzene rings is 1. The average Bonchev–Trinajstić information content (AvgIpc) is 3.00. The van der Waals surface area contributed by atoms with Crippen molar-refractivity contribution >= 4 is 11.8 Å². The zero-order valence-electron chi connectivity index (χ0n) is 18.0. The minimum atomic E-state index is -1.43. The van der Waals surface area contributed by atoms with E-state index in [9.17, 15) is 30.0 Å². The number of aromatic hydroxyl groups is 1. The monoisotopic (exact) mass is 450 g/mol. The van der Waals surface area contributed by atoms with Crippen LogP contribution in [0.15, 0.2) is 24.3 Å². The number of ketones is 1. The second-order valence-corrected chi connectivity index (χ2v) is 8.19. The third kappa shape index (κ3) is 5.86. The highest BCUT2D eigenvalue weighted by Gasteiger charge is 2.44. The molecule has 0 saturated carbocycles. The van der Waals surface area contributed by atoms with Gasteiger partial charge < -0.3 is 34.6 Å². The molecule has 2 aliphatic heterocycles. The molecule has 9 heteroatoms. The van der Waals surface area contributed by atoms with E-state index in [-0.39, 0.29) is 29.1 Å². The molecule has 32 heavy (non-hydrogen) atoms. The number of allylic oxidation sites excluding steroid dienone is 1. The number of rotatable bonds is 3. The zero-order valence-corrected chi connectivity index (χ0v) is 18.0. The van der Waals surface area contributed by atoms with Crippen LogP contribution in [0.1, 0.15) is 54.9 Å². The second kappa shape index (κ2) is 10.9. The molecular weight excluding hydrogens is 420 g/mol. The average molecular weight is 450 g/mol. The molecule has 0 aromatic heterocycles. The number of Topliss-reactive ketones (excluding diaryl/α,β-unsaturated/α-hetero) is 1. The number of phenols is 1. The van der Waals surface area contributed by atoms with Gasteiger partial charge in [-0.2, -0.15) is 0 Å². The van der Waals surface area contributed by atoms with Crippen molar-refractivity contribution in [3.05, 3.63) is 35.4 Å². The van der Waals surface area contributed by atoms with Crippen molar-refractivity contribution in [1.82, 2.24) is 0 Å². The smallest absolute Gasteiger partial charge is 0.342 e. The van der Waals surface area contributed by atoms with Gasteiger partial charge in [-0.1, -0.05) is 12.2 Å². The lowest BCUT2D eigenvalue weighted by molar-refractivity contribution is -0.118. The van der Waals surface area contributed by atoms with Gasteiger partial charge in [0.2, 0.25) is 6.29 Å². The number of carbonyl (C=O) groups excluding carboxylic acids is 2. The van der Waals surface area contributed by atoms with Crippen LogP contribution < -0.4 is 4.74 Å². The van der Waals surface area contributed by atoms with Crippen LogP contribution in [0.25, 0.3) is 0 Å². The molecule has 176 valence electrons. The first-order valence-electron chi connectivity index (χ1n) is 10.8. The Balaban J connectivity index is 1.88. The first kappa shape index (κ1) is 24.2. The summed E-state index contributed by atoms with van der Waals surface area (Å²) in [6.45, 7) is 1.23. The van der Waals surface area contributed by atoms with Gasteiger partial charge >= 0.3 is 5.97 Å². The topological polar surface area (TPSA) is 143 Å². The van der Waals surface area contributed by atoms with Gasteiger partial charge in [-0.15, -0.1) is 0 Å². The Kier molecular flexibility index (Phi) is 8.25. The molecule has 1 fully saturated rings. The van der Waals surface area contributed by atoms with E-state index >= 15 is 0 Å². The number of phenolic OH excluding ortho intramolecular Hbond substituents is 1. The van der Waals surface area contributed by atoms with Crippen LogP contribution in [-0.4, -0.2) is 69.5 Å². The molecule has 1 aromatic rings. The van der Waals surface area contributed by atoms with E-state index in [0.717, 1.165) is 18.9 Å². The number of cyclic esters (lactones) is 1. The lowest BCUT2D eigenvalue weighted by Crippen LogP contribution is -2.35. The molecule has 5 atom stereocenters. The van der Waals surface area contributed by atoms with Crippen LogP contribution in [-0.2, 0) is 20.7 Å². The number of hydrogen-bond donors (Lipinski definition) is 4. The van der Waals surface area contributed by atoms with E-state index in [1.807, 2.05) is 12.2 Å². The fourth-order valence-corrected chi connectivity index (χ4v) is 3.78. The number of aliphatic hydroxyl groups is 3. The third-order valence-electron chi connectivity index (χ3n) is 5.53. The van der Waals surface area contributed by atoms with Crippen LogP contribution in [0.5, 0.6) is 11.5 Å². The molecule has 1 saturated heterocycles. The fourth-order valence-electron chi connectivity index (χ4n) is 3.78. The second-order valence-electron chi connectivity index (χ2n) is 8.19. The summed E-state index contributed by atoms with van der Waals surface area (Å²) in [7, 11) is 0. The molecule has 0 unspecified atom stereocenters. The quantitative estimate of drug-likeness (QED) is 0.397. The number of fused-ring (bicyclic) bond motifs is 1. The van der Waals surface area contributed by atoms with Gasteiger partial charge in [0.25, 0.3) is 0 Å². The predicted octanol–water partition coefficient (Wildman–Crippen LogP) is 1.39. The van der Waals surface area contributed by atoms with Crippen molar-refractivity contribution in [1.29, 1.82) is 0 Å². The number of esters is 1. The normalized spacial score (nSPS) is 29.8. The van der Waals surface area contributed by atoms with Gasteiger partial charge in [0.05, 0.1) is 6.61 Å². The van der Waals surface area contributed by atoms with Crippen molar-refractivity contribution in [3.63, 3.8) is 0 Å². The summed E-state index contributed by atoms with van der Waals surface area (Å²) in [5, 5.41) is 39.8. The Bertz CT molecular complexity index is 850. The summed E-state index contributed by atoms with van der Waals surface area (Å²) in [5.74, 6) is -1.24. The third-order valence-corrected chi connectivity index (χ3v) is 5.53. The maximum absolute atomic E-state index is 12.8. The molecule has 2 heterocycles. The van der Waals surface area contributed by atoms with Gasteiger partial charge in [0, 0.05) is 25.3 Å². The van der Waals surface area contributed by atoms with Gasteiger partial charge in [0.1, 0.15) is 47.3 Å². The standard InChI is InChI=1S/C23H30O9/c1-13-7-5-3-2-4-6-8-15(25)9-14-10-16(11-17(26)19(14)22(29)30-13)31-23-21(28)20(27)18(12-24)32-23/h3,5,10-11,13,18,20-21,23-24,26-28H,2,4,6-9,12H2,1H3/t13-,18+,20-,21-,23-/m1/s1.